The molecule has 0 spiro atoms. The van der Waals surface area contributed by atoms with Gasteiger partial charge in [-0.25, -0.2) is 4.79 Å². The number of hydrazine groups is 1. The van der Waals surface area contributed by atoms with Crippen molar-refractivity contribution in [1.82, 2.24) is 10.7 Å². The molecule has 1 aromatic rings. The molecule has 7 heteroatoms. The summed E-state index contributed by atoms with van der Waals surface area (Å²) in [6, 6.07) is 5.49. The summed E-state index contributed by atoms with van der Waals surface area (Å²) in [7, 11) is 0. The van der Waals surface area contributed by atoms with E-state index in [0.717, 1.165) is 5.69 Å². The number of rotatable bonds is 7. The maximum atomic E-state index is 10.7. The molecule has 1 aliphatic carbocycles. The Morgan fingerprint density at radius 2 is 1.92 bits per heavy atom. The van der Waals surface area contributed by atoms with Crippen molar-refractivity contribution in [3.8, 4) is 0 Å². The second kappa shape index (κ2) is 9.14. The lowest BCUT2D eigenvalue weighted by Crippen LogP contribution is -2.42. The van der Waals surface area contributed by atoms with Crippen LogP contribution in [-0.4, -0.2) is 34.7 Å². The van der Waals surface area contributed by atoms with Crippen molar-refractivity contribution >= 4 is 41.2 Å². The smallest absolute Gasteiger partial charge is 0.345 e. The number of nitrogens with zero attached hydrogens (tertiary/aromatic N) is 1. The van der Waals surface area contributed by atoms with Crippen LogP contribution in [0.5, 0.6) is 0 Å². The summed E-state index contributed by atoms with van der Waals surface area (Å²) >= 11 is 12.2. The van der Waals surface area contributed by atoms with Crippen LogP contribution >= 0.6 is 23.2 Å². The third-order valence-corrected chi connectivity index (χ3v) is 4.74. The van der Waals surface area contributed by atoms with Crippen molar-refractivity contribution in [3.05, 3.63) is 28.2 Å². The van der Waals surface area contributed by atoms with Gasteiger partial charge in [0.2, 0.25) is 0 Å². The van der Waals surface area contributed by atoms with Crippen LogP contribution in [0.4, 0.5) is 5.69 Å². The van der Waals surface area contributed by atoms with Gasteiger partial charge < -0.3 is 5.11 Å². The van der Waals surface area contributed by atoms with Crippen molar-refractivity contribution in [2.24, 2.45) is 5.92 Å². The van der Waals surface area contributed by atoms with Crippen LogP contribution in [0, 0.1) is 5.92 Å². The number of hydrogen-bond donors (Lipinski definition) is 3. The van der Waals surface area contributed by atoms with Crippen LogP contribution in [0.1, 0.15) is 39.0 Å². The molecular formula is C17H24Cl2N3O2+. The highest BCUT2D eigenvalue weighted by molar-refractivity contribution is 6.34. The second-order valence-corrected chi connectivity index (χ2v) is 7.09. The first-order valence-electron chi connectivity index (χ1n) is 8.25. The summed E-state index contributed by atoms with van der Waals surface area (Å²) < 4.78 is 1.76. The van der Waals surface area contributed by atoms with Gasteiger partial charge in [0.15, 0.2) is 12.2 Å². The molecule has 0 bridgehead atoms. The summed E-state index contributed by atoms with van der Waals surface area (Å²) in [6.07, 6.45) is 7.86. The zero-order valence-electron chi connectivity index (χ0n) is 13.8. The third-order valence-electron chi connectivity index (χ3n) is 4.30. The van der Waals surface area contributed by atoms with E-state index in [1.54, 1.807) is 29.2 Å². The Balaban J connectivity index is 2.16. The average molecular weight is 373 g/mol. The molecule has 0 saturated heterocycles. The number of carboxylic acid groups (broad SMARTS) is 1. The number of benzene rings is 1. The molecule has 1 fully saturated rings. The Bertz CT molecular complexity index is 581. The predicted octanol–water partition coefficient (Wildman–Crippen LogP) is 3.81. The number of aliphatic carboxylic acids is 1. The molecule has 1 atom stereocenters. The first kappa shape index (κ1) is 18.9. The van der Waals surface area contributed by atoms with Crippen molar-refractivity contribution in [3.63, 3.8) is 0 Å². The van der Waals surface area contributed by atoms with Crippen LogP contribution in [0.3, 0.4) is 0 Å². The summed E-state index contributed by atoms with van der Waals surface area (Å²) in [5.74, 6) is -0.320. The molecule has 24 heavy (non-hydrogen) atoms. The van der Waals surface area contributed by atoms with E-state index < -0.39 is 5.97 Å². The largest absolute Gasteiger partial charge is 0.478 e. The Hall–Kier alpha value is -1.46. The van der Waals surface area contributed by atoms with E-state index in [4.69, 9.17) is 28.3 Å². The minimum absolute atomic E-state index is 0.162. The van der Waals surface area contributed by atoms with Gasteiger partial charge in [-0.15, -0.1) is 4.68 Å². The topological polar surface area (TPSA) is 64.4 Å². The molecule has 0 aromatic heterocycles. The lowest BCUT2D eigenvalue weighted by atomic mass is 9.85. The Morgan fingerprint density at radius 3 is 2.50 bits per heavy atom. The van der Waals surface area contributed by atoms with Crippen molar-refractivity contribution in [2.45, 2.75) is 45.1 Å². The van der Waals surface area contributed by atoms with Crippen LogP contribution in [-0.2, 0) is 4.79 Å². The fourth-order valence-electron chi connectivity index (χ4n) is 3.05. The van der Waals surface area contributed by atoms with Crippen molar-refractivity contribution in [1.29, 1.82) is 0 Å². The maximum Gasteiger partial charge on any atom is 0.345 e. The van der Waals surface area contributed by atoms with E-state index in [9.17, 15) is 4.79 Å². The number of nitrogens with one attached hydrogen (secondary N) is 2. The van der Waals surface area contributed by atoms with Crippen LogP contribution in [0.2, 0.25) is 10.0 Å². The Kier molecular flexibility index (Phi) is 7.18. The third kappa shape index (κ3) is 5.87. The summed E-state index contributed by atoms with van der Waals surface area (Å²) in [5.41, 5.74) is 4.19. The minimum atomic E-state index is -0.921. The van der Waals surface area contributed by atoms with Crippen molar-refractivity contribution < 1.29 is 14.6 Å². The number of carboxylic acids is 1. The normalized spacial score (nSPS) is 17.4. The molecule has 3 N–H and O–H groups in total. The first-order chi connectivity index (χ1) is 11.5. The van der Waals surface area contributed by atoms with E-state index in [1.807, 2.05) is 0 Å². The van der Waals surface area contributed by atoms with Crippen LogP contribution in [0.15, 0.2) is 18.2 Å². The number of hydrazone groups is 1. The fourth-order valence-corrected chi connectivity index (χ4v) is 3.56. The minimum Gasteiger partial charge on any atom is -0.478 e. The molecule has 1 saturated carbocycles. The van der Waals surface area contributed by atoms with Gasteiger partial charge in [-0.2, -0.15) is 0 Å². The molecule has 1 aliphatic rings. The average Bonchev–Trinajstić information content (AvgIpc) is 2.53. The van der Waals surface area contributed by atoms with Crippen LogP contribution < -0.4 is 10.7 Å². The zero-order chi connectivity index (χ0) is 17.5. The molecule has 0 amide bonds. The zero-order valence-corrected chi connectivity index (χ0v) is 15.3. The highest BCUT2D eigenvalue weighted by Crippen LogP contribution is 2.28. The molecule has 0 aliphatic heterocycles. The molecule has 0 heterocycles. The first-order valence-corrected chi connectivity index (χ1v) is 9.01. The maximum absolute atomic E-state index is 10.7. The fraction of sp³-hybridized carbons (Fsp3) is 0.529. The lowest BCUT2D eigenvalue weighted by molar-refractivity contribution is -0.513. The van der Waals surface area contributed by atoms with E-state index in [0.29, 0.717) is 16.0 Å². The van der Waals surface area contributed by atoms with Gasteiger partial charge >= 0.3 is 5.97 Å². The molecule has 1 aromatic carbocycles. The summed E-state index contributed by atoms with van der Waals surface area (Å²) in [5, 5.41) is 12.6. The Morgan fingerprint density at radius 1 is 1.29 bits per heavy atom. The van der Waals surface area contributed by atoms with E-state index in [1.165, 1.54) is 32.1 Å². The highest BCUT2D eigenvalue weighted by Gasteiger charge is 2.22. The summed E-state index contributed by atoms with van der Waals surface area (Å²) in [4.78, 5) is 10.7. The van der Waals surface area contributed by atoms with Gasteiger partial charge in [-0.3, -0.25) is 10.7 Å². The molecule has 132 valence electrons. The van der Waals surface area contributed by atoms with Gasteiger partial charge in [0.1, 0.15) is 0 Å². The van der Waals surface area contributed by atoms with E-state index in [-0.39, 0.29) is 12.6 Å². The van der Waals surface area contributed by atoms with Crippen LogP contribution in [0.25, 0.3) is 0 Å². The predicted molar refractivity (Wildman–Crippen MR) is 97.3 cm³/mol. The molecule has 0 unspecified atom stereocenters. The number of carbonyl (C=O) groups is 1. The second-order valence-electron chi connectivity index (χ2n) is 6.22. The highest BCUT2D eigenvalue weighted by atomic mass is 35.5. The Labute approximate surface area is 152 Å². The number of hydrogen-bond acceptors (Lipinski definition) is 2. The molecule has 2 rings (SSSR count). The molecular weight excluding hydrogens is 349 g/mol. The monoisotopic (exact) mass is 372 g/mol. The van der Waals surface area contributed by atoms with E-state index in [2.05, 4.69) is 17.7 Å². The quantitative estimate of drug-likeness (QED) is 0.294. The van der Waals surface area contributed by atoms with Gasteiger partial charge in [0.25, 0.3) is 6.34 Å². The standard InChI is InChI=1S/C17H23Cl2N3O2/c1-12(13-5-3-2-4-6-13)21-22(11-20-10-17(23)24)16-8-14(18)7-15(19)9-16/h7-9,11-13,21H,2-6,10H2,1H3,(H,23,24)/p+1/t12-/m0/s1. The molecule has 0 radical (unpaired) electrons. The summed E-state index contributed by atoms with van der Waals surface area (Å²) in [6.45, 7) is 1.99. The van der Waals surface area contributed by atoms with Gasteiger partial charge in [0, 0.05) is 22.2 Å². The SMILES string of the molecule is C[C@H](N[N+](=CNCC(=O)O)c1cc(Cl)cc(Cl)c1)C1CCCCC1. The number of halogens is 2. The van der Waals surface area contributed by atoms with Gasteiger partial charge in [-0.05, 0) is 31.7 Å². The van der Waals surface area contributed by atoms with Gasteiger partial charge in [0.05, 0.1) is 6.04 Å². The van der Waals surface area contributed by atoms with E-state index >= 15 is 0 Å². The van der Waals surface area contributed by atoms with Crippen molar-refractivity contribution in [2.75, 3.05) is 6.54 Å². The van der Waals surface area contributed by atoms with Gasteiger partial charge in [-0.1, -0.05) is 42.5 Å². The molecule has 5 nitrogen and oxygen atoms in total. The lowest BCUT2D eigenvalue weighted by Gasteiger charge is -2.28.